The SMILES string of the molecule is CSCCC(=O)N1CC[C@@H](N(C)Cc2ncccn2)C1. The maximum atomic E-state index is 12.0. The molecule has 6 heteroatoms. The molecule has 1 aromatic heterocycles. The number of hydrogen-bond donors (Lipinski definition) is 0. The first-order valence-corrected chi connectivity index (χ1v) is 8.33. The van der Waals surface area contributed by atoms with Crippen LogP contribution in [0.5, 0.6) is 0 Å². The summed E-state index contributed by atoms with van der Waals surface area (Å²) in [5, 5.41) is 0. The summed E-state index contributed by atoms with van der Waals surface area (Å²) in [5.74, 6) is 2.03. The van der Waals surface area contributed by atoms with Crippen LogP contribution in [0.2, 0.25) is 0 Å². The van der Waals surface area contributed by atoms with Gasteiger partial charge < -0.3 is 4.90 Å². The second-order valence-corrected chi connectivity index (χ2v) is 6.09. The molecule has 0 N–H and O–H groups in total. The lowest BCUT2D eigenvalue weighted by Crippen LogP contribution is -2.36. The molecule has 1 fully saturated rings. The second kappa shape index (κ2) is 7.59. The van der Waals surface area contributed by atoms with E-state index in [9.17, 15) is 4.79 Å². The highest BCUT2D eigenvalue weighted by atomic mass is 32.2. The minimum Gasteiger partial charge on any atom is -0.341 e. The van der Waals surface area contributed by atoms with Gasteiger partial charge in [0.2, 0.25) is 5.91 Å². The van der Waals surface area contributed by atoms with Crippen molar-refractivity contribution >= 4 is 17.7 Å². The predicted octanol–water partition coefficient (Wildman–Crippen LogP) is 1.26. The normalized spacial score (nSPS) is 18.8. The number of rotatable bonds is 6. The number of carbonyl (C=O) groups is 1. The standard InChI is InChI=1S/C14H22N4OS/c1-17(11-13-15-6-3-7-16-13)12-4-8-18(10-12)14(19)5-9-20-2/h3,6-7,12H,4-5,8-11H2,1-2H3/t12-/m1/s1. The molecule has 1 aliphatic rings. The number of likely N-dealkylation sites (N-methyl/N-ethyl adjacent to an activating group) is 1. The number of carbonyl (C=O) groups excluding carboxylic acids is 1. The Morgan fingerprint density at radius 3 is 2.95 bits per heavy atom. The number of thioether (sulfide) groups is 1. The summed E-state index contributed by atoms with van der Waals surface area (Å²) < 4.78 is 0. The summed E-state index contributed by atoms with van der Waals surface area (Å²) in [6.45, 7) is 2.44. The number of aromatic nitrogens is 2. The van der Waals surface area contributed by atoms with Crippen molar-refractivity contribution in [2.45, 2.75) is 25.4 Å². The monoisotopic (exact) mass is 294 g/mol. The maximum Gasteiger partial charge on any atom is 0.223 e. The minimum absolute atomic E-state index is 0.284. The van der Waals surface area contributed by atoms with Crippen LogP contribution in [-0.2, 0) is 11.3 Å². The van der Waals surface area contributed by atoms with Gasteiger partial charge in [-0.2, -0.15) is 11.8 Å². The van der Waals surface area contributed by atoms with Gasteiger partial charge in [-0.1, -0.05) is 0 Å². The summed E-state index contributed by atoms with van der Waals surface area (Å²) in [5.41, 5.74) is 0. The van der Waals surface area contributed by atoms with E-state index in [0.29, 0.717) is 12.5 Å². The van der Waals surface area contributed by atoms with Gasteiger partial charge in [-0.05, 0) is 25.8 Å². The van der Waals surface area contributed by atoms with Crippen LogP contribution in [0.4, 0.5) is 0 Å². The van der Waals surface area contributed by atoms with Crippen molar-refractivity contribution in [1.82, 2.24) is 19.8 Å². The lowest BCUT2D eigenvalue weighted by Gasteiger charge is -2.23. The average molecular weight is 294 g/mol. The highest BCUT2D eigenvalue weighted by Crippen LogP contribution is 2.17. The summed E-state index contributed by atoms with van der Waals surface area (Å²) >= 11 is 1.72. The number of hydrogen-bond acceptors (Lipinski definition) is 5. The summed E-state index contributed by atoms with van der Waals surface area (Å²) in [6, 6.07) is 2.24. The van der Waals surface area contributed by atoms with Gasteiger partial charge in [-0.25, -0.2) is 9.97 Å². The highest BCUT2D eigenvalue weighted by molar-refractivity contribution is 7.98. The third-order valence-electron chi connectivity index (χ3n) is 3.67. The number of likely N-dealkylation sites (tertiary alicyclic amines) is 1. The average Bonchev–Trinajstić information content (AvgIpc) is 2.96. The van der Waals surface area contributed by atoms with Crippen molar-refractivity contribution in [1.29, 1.82) is 0 Å². The minimum atomic E-state index is 0.284. The quantitative estimate of drug-likeness (QED) is 0.790. The van der Waals surface area contributed by atoms with E-state index in [0.717, 1.165) is 37.6 Å². The van der Waals surface area contributed by atoms with Crippen molar-refractivity contribution in [3.63, 3.8) is 0 Å². The third kappa shape index (κ3) is 4.18. The van der Waals surface area contributed by atoms with Crippen molar-refractivity contribution in [3.05, 3.63) is 24.3 Å². The van der Waals surface area contributed by atoms with E-state index in [1.807, 2.05) is 17.2 Å². The molecular formula is C14H22N4OS. The topological polar surface area (TPSA) is 49.3 Å². The lowest BCUT2D eigenvalue weighted by atomic mass is 10.2. The molecule has 1 aromatic rings. The van der Waals surface area contributed by atoms with Gasteiger partial charge in [-0.3, -0.25) is 9.69 Å². The van der Waals surface area contributed by atoms with Crippen molar-refractivity contribution < 1.29 is 4.79 Å². The van der Waals surface area contributed by atoms with E-state index in [2.05, 4.69) is 21.9 Å². The molecule has 2 heterocycles. The molecule has 2 rings (SSSR count). The van der Waals surface area contributed by atoms with Crippen LogP contribution in [0, 0.1) is 0 Å². The van der Waals surface area contributed by atoms with E-state index in [-0.39, 0.29) is 5.91 Å². The largest absolute Gasteiger partial charge is 0.341 e. The van der Waals surface area contributed by atoms with Gasteiger partial charge in [0.25, 0.3) is 0 Å². The van der Waals surface area contributed by atoms with Gasteiger partial charge in [0.15, 0.2) is 0 Å². The molecule has 0 bridgehead atoms. The first kappa shape index (κ1) is 15.3. The molecule has 0 aliphatic carbocycles. The molecule has 0 unspecified atom stereocenters. The molecule has 5 nitrogen and oxygen atoms in total. The van der Waals surface area contributed by atoms with E-state index < -0.39 is 0 Å². The van der Waals surface area contributed by atoms with Gasteiger partial charge in [0, 0.05) is 43.7 Å². The molecule has 0 radical (unpaired) electrons. The van der Waals surface area contributed by atoms with Gasteiger partial charge >= 0.3 is 0 Å². The Morgan fingerprint density at radius 1 is 1.50 bits per heavy atom. The van der Waals surface area contributed by atoms with Gasteiger partial charge in [0.05, 0.1) is 6.54 Å². The smallest absolute Gasteiger partial charge is 0.223 e. The van der Waals surface area contributed by atoms with E-state index >= 15 is 0 Å². The first-order valence-electron chi connectivity index (χ1n) is 6.93. The van der Waals surface area contributed by atoms with Crippen molar-refractivity contribution in [3.8, 4) is 0 Å². The fourth-order valence-corrected chi connectivity index (χ4v) is 2.82. The highest BCUT2D eigenvalue weighted by Gasteiger charge is 2.28. The first-order chi connectivity index (χ1) is 9.70. The zero-order valence-corrected chi connectivity index (χ0v) is 13.0. The van der Waals surface area contributed by atoms with Gasteiger partial charge in [-0.15, -0.1) is 0 Å². The zero-order valence-electron chi connectivity index (χ0n) is 12.2. The molecule has 0 spiro atoms. The summed E-state index contributed by atoms with van der Waals surface area (Å²) in [4.78, 5) is 24.7. The van der Waals surface area contributed by atoms with E-state index in [4.69, 9.17) is 0 Å². The second-order valence-electron chi connectivity index (χ2n) is 5.11. The lowest BCUT2D eigenvalue weighted by molar-refractivity contribution is -0.129. The van der Waals surface area contributed by atoms with E-state index in [1.54, 1.807) is 24.2 Å². The molecule has 1 atom stereocenters. The van der Waals surface area contributed by atoms with E-state index in [1.165, 1.54) is 0 Å². The molecule has 110 valence electrons. The van der Waals surface area contributed by atoms with Gasteiger partial charge in [0.1, 0.15) is 5.82 Å². The molecule has 1 aliphatic heterocycles. The fourth-order valence-electron chi connectivity index (χ4n) is 2.44. The zero-order chi connectivity index (χ0) is 14.4. The van der Waals surface area contributed by atoms with Crippen LogP contribution in [0.3, 0.4) is 0 Å². The van der Waals surface area contributed by atoms with Crippen molar-refractivity contribution in [2.75, 3.05) is 32.1 Å². The Labute approximate surface area is 124 Å². The third-order valence-corrected chi connectivity index (χ3v) is 4.28. The van der Waals surface area contributed by atoms with Crippen LogP contribution in [0.25, 0.3) is 0 Å². The Kier molecular flexibility index (Phi) is 5.79. The van der Waals surface area contributed by atoms with Crippen LogP contribution in [0.1, 0.15) is 18.7 Å². The molecule has 20 heavy (non-hydrogen) atoms. The molecular weight excluding hydrogens is 272 g/mol. The Morgan fingerprint density at radius 2 is 2.25 bits per heavy atom. The molecule has 1 amide bonds. The Balaban J connectivity index is 1.81. The van der Waals surface area contributed by atoms with Crippen LogP contribution in [0.15, 0.2) is 18.5 Å². The predicted molar refractivity (Wildman–Crippen MR) is 81.5 cm³/mol. The summed E-state index contributed by atoms with van der Waals surface area (Å²) in [7, 11) is 2.08. The fraction of sp³-hybridized carbons (Fsp3) is 0.643. The maximum absolute atomic E-state index is 12.0. The van der Waals surface area contributed by atoms with Crippen LogP contribution < -0.4 is 0 Å². The number of amides is 1. The van der Waals surface area contributed by atoms with Crippen LogP contribution >= 0.6 is 11.8 Å². The number of nitrogens with zero attached hydrogens (tertiary/aromatic N) is 4. The summed E-state index contributed by atoms with van der Waals surface area (Å²) in [6.07, 6.45) is 7.26. The molecule has 0 aromatic carbocycles. The molecule has 0 saturated carbocycles. The molecule has 1 saturated heterocycles. The Hall–Kier alpha value is -1.14. The Bertz CT molecular complexity index is 428. The van der Waals surface area contributed by atoms with Crippen molar-refractivity contribution in [2.24, 2.45) is 0 Å². The van der Waals surface area contributed by atoms with Crippen LogP contribution in [-0.4, -0.2) is 63.9 Å².